The van der Waals surface area contributed by atoms with Gasteiger partial charge in [-0.2, -0.15) is 0 Å². The molecule has 0 fully saturated rings. The lowest BCUT2D eigenvalue weighted by atomic mass is 10.0. The van der Waals surface area contributed by atoms with Gasteiger partial charge >= 0.3 is 0 Å². The molecule has 1 aliphatic carbocycles. The first-order chi connectivity index (χ1) is 14.1. The fourth-order valence-electron chi connectivity index (χ4n) is 3.67. The van der Waals surface area contributed by atoms with Gasteiger partial charge in [0.25, 0.3) is 5.91 Å². The molecule has 1 N–H and O–H groups in total. The van der Waals surface area contributed by atoms with Crippen molar-refractivity contribution < 1.29 is 4.79 Å². The molecule has 0 aliphatic heterocycles. The van der Waals surface area contributed by atoms with E-state index in [4.69, 9.17) is 11.6 Å². The van der Waals surface area contributed by atoms with Crippen molar-refractivity contribution in [1.82, 2.24) is 5.32 Å². The SMILES string of the molecule is C[C@H](NC(=O)c1ccc(CSc2ccc(Cl)cc2)cc1)c1ccc2c(c1)CCC2. The van der Waals surface area contributed by atoms with Crippen LogP contribution in [0.3, 0.4) is 0 Å². The van der Waals surface area contributed by atoms with Crippen molar-refractivity contribution in [2.24, 2.45) is 0 Å². The number of benzene rings is 3. The molecule has 0 unspecified atom stereocenters. The summed E-state index contributed by atoms with van der Waals surface area (Å²) in [6.07, 6.45) is 3.57. The lowest BCUT2D eigenvalue weighted by molar-refractivity contribution is 0.0940. The van der Waals surface area contributed by atoms with Crippen LogP contribution in [0, 0.1) is 0 Å². The highest BCUT2D eigenvalue weighted by atomic mass is 35.5. The van der Waals surface area contributed by atoms with Crippen LogP contribution < -0.4 is 5.32 Å². The van der Waals surface area contributed by atoms with Crippen LogP contribution in [0.1, 0.15) is 52.0 Å². The van der Waals surface area contributed by atoms with Crippen LogP contribution in [0.15, 0.2) is 71.6 Å². The van der Waals surface area contributed by atoms with Gasteiger partial charge in [0, 0.05) is 21.2 Å². The van der Waals surface area contributed by atoms with Gasteiger partial charge in [0.15, 0.2) is 0 Å². The highest BCUT2D eigenvalue weighted by Crippen LogP contribution is 2.26. The number of hydrogen-bond acceptors (Lipinski definition) is 2. The zero-order valence-corrected chi connectivity index (χ0v) is 18.0. The number of carbonyl (C=O) groups excluding carboxylic acids is 1. The second-order valence-corrected chi connectivity index (χ2v) is 9.00. The van der Waals surface area contributed by atoms with Crippen molar-refractivity contribution in [3.05, 3.63) is 99.6 Å². The van der Waals surface area contributed by atoms with Gasteiger partial charge in [0.2, 0.25) is 0 Å². The van der Waals surface area contributed by atoms with Gasteiger partial charge in [-0.15, -0.1) is 11.8 Å². The average molecular weight is 422 g/mol. The molecular weight excluding hydrogens is 398 g/mol. The quantitative estimate of drug-likeness (QED) is 0.453. The third kappa shape index (κ3) is 5.04. The standard InChI is InChI=1S/C25H24ClNOS/c1-17(21-10-9-19-3-2-4-22(19)15-21)27-25(28)20-7-5-18(6-8-20)16-29-24-13-11-23(26)12-14-24/h5-15,17H,2-4,16H2,1H3,(H,27,28)/t17-/m0/s1. The Morgan fingerprint density at radius 2 is 1.72 bits per heavy atom. The average Bonchev–Trinajstić information content (AvgIpc) is 3.21. The topological polar surface area (TPSA) is 29.1 Å². The summed E-state index contributed by atoms with van der Waals surface area (Å²) >= 11 is 7.68. The summed E-state index contributed by atoms with van der Waals surface area (Å²) in [4.78, 5) is 13.8. The fraction of sp³-hybridized carbons (Fsp3) is 0.240. The number of rotatable bonds is 6. The van der Waals surface area contributed by atoms with Gasteiger partial charge < -0.3 is 5.32 Å². The monoisotopic (exact) mass is 421 g/mol. The molecular formula is C25H24ClNOS. The number of nitrogens with one attached hydrogen (secondary N) is 1. The summed E-state index contributed by atoms with van der Waals surface area (Å²) in [5.74, 6) is 0.824. The number of amides is 1. The first kappa shape index (κ1) is 20.1. The molecule has 0 spiro atoms. The smallest absolute Gasteiger partial charge is 0.251 e. The van der Waals surface area contributed by atoms with Crippen LogP contribution in [0.25, 0.3) is 0 Å². The van der Waals surface area contributed by atoms with E-state index in [1.54, 1.807) is 11.8 Å². The summed E-state index contributed by atoms with van der Waals surface area (Å²) < 4.78 is 0. The summed E-state index contributed by atoms with van der Waals surface area (Å²) in [7, 11) is 0. The second-order valence-electron chi connectivity index (χ2n) is 7.52. The predicted octanol–water partition coefficient (Wildman–Crippen LogP) is 6.61. The van der Waals surface area contributed by atoms with Crippen LogP contribution in [-0.2, 0) is 18.6 Å². The summed E-state index contributed by atoms with van der Waals surface area (Å²) in [6, 6.07) is 22.3. The molecule has 0 saturated heterocycles. The lowest BCUT2D eigenvalue weighted by Gasteiger charge is -2.16. The van der Waals surface area contributed by atoms with Crippen molar-refractivity contribution >= 4 is 29.3 Å². The van der Waals surface area contributed by atoms with E-state index in [1.807, 2.05) is 55.5 Å². The third-order valence-electron chi connectivity index (χ3n) is 5.41. The van der Waals surface area contributed by atoms with Crippen LogP contribution in [0.4, 0.5) is 0 Å². The number of hydrogen-bond donors (Lipinski definition) is 1. The number of halogens is 1. The van der Waals surface area contributed by atoms with Crippen molar-refractivity contribution in [3.8, 4) is 0 Å². The maximum absolute atomic E-state index is 12.7. The van der Waals surface area contributed by atoms with Gasteiger partial charge in [0.05, 0.1) is 6.04 Å². The van der Waals surface area contributed by atoms with Crippen LogP contribution in [0.5, 0.6) is 0 Å². The van der Waals surface area contributed by atoms with Gasteiger partial charge in [0.1, 0.15) is 0 Å². The number of thioether (sulfide) groups is 1. The van der Waals surface area contributed by atoms with Crippen LogP contribution in [-0.4, -0.2) is 5.91 Å². The molecule has 0 bridgehead atoms. The predicted molar refractivity (Wildman–Crippen MR) is 122 cm³/mol. The Labute approximate surface area is 181 Å². The Bertz CT molecular complexity index is 998. The number of aryl methyl sites for hydroxylation is 2. The molecule has 4 heteroatoms. The van der Waals surface area contributed by atoms with Crippen molar-refractivity contribution in [3.63, 3.8) is 0 Å². The van der Waals surface area contributed by atoms with Gasteiger partial charge in [-0.1, -0.05) is 41.9 Å². The van der Waals surface area contributed by atoms with E-state index in [2.05, 4.69) is 23.5 Å². The minimum Gasteiger partial charge on any atom is -0.346 e. The number of carbonyl (C=O) groups is 1. The molecule has 1 aliphatic rings. The summed E-state index contributed by atoms with van der Waals surface area (Å²) in [5, 5.41) is 3.88. The summed E-state index contributed by atoms with van der Waals surface area (Å²) in [5.41, 5.74) is 5.95. The Balaban J connectivity index is 1.34. The lowest BCUT2D eigenvalue weighted by Crippen LogP contribution is -2.26. The van der Waals surface area contributed by atoms with Crippen molar-refractivity contribution in [2.45, 2.75) is 42.9 Å². The minimum absolute atomic E-state index is 0.00598. The van der Waals surface area contributed by atoms with E-state index in [9.17, 15) is 4.79 Å². The van der Waals surface area contributed by atoms with Crippen molar-refractivity contribution in [1.29, 1.82) is 0 Å². The summed E-state index contributed by atoms with van der Waals surface area (Å²) in [6.45, 7) is 2.05. The Kier molecular flexibility index (Phi) is 6.27. The van der Waals surface area contributed by atoms with E-state index in [0.29, 0.717) is 5.56 Å². The maximum Gasteiger partial charge on any atom is 0.251 e. The molecule has 1 amide bonds. The first-order valence-electron chi connectivity index (χ1n) is 9.98. The van der Waals surface area contributed by atoms with E-state index >= 15 is 0 Å². The third-order valence-corrected chi connectivity index (χ3v) is 6.74. The normalized spacial score (nSPS) is 13.7. The van der Waals surface area contributed by atoms with E-state index < -0.39 is 0 Å². The van der Waals surface area contributed by atoms with Crippen LogP contribution in [0.2, 0.25) is 5.02 Å². The second kappa shape index (κ2) is 9.06. The van der Waals surface area contributed by atoms with Crippen LogP contribution >= 0.6 is 23.4 Å². The zero-order chi connectivity index (χ0) is 20.2. The maximum atomic E-state index is 12.7. The molecule has 2 nitrogen and oxygen atoms in total. The number of fused-ring (bicyclic) bond motifs is 1. The molecule has 1 atom stereocenters. The molecule has 0 aromatic heterocycles. The van der Waals surface area contributed by atoms with Gasteiger partial charge in [-0.25, -0.2) is 0 Å². The molecule has 0 radical (unpaired) electrons. The Morgan fingerprint density at radius 3 is 2.48 bits per heavy atom. The highest BCUT2D eigenvalue weighted by Gasteiger charge is 2.15. The molecule has 4 rings (SSSR count). The highest BCUT2D eigenvalue weighted by molar-refractivity contribution is 7.98. The minimum atomic E-state index is -0.0325. The zero-order valence-electron chi connectivity index (χ0n) is 16.5. The van der Waals surface area contributed by atoms with Gasteiger partial charge in [-0.05, 0) is 84.8 Å². The van der Waals surface area contributed by atoms with Gasteiger partial charge in [-0.3, -0.25) is 4.79 Å². The Hall–Kier alpha value is -2.23. The molecule has 3 aromatic rings. The first-order valence-corrected chi connectivity index (χ1v) is 11.3. The Morgan fingerprint density at radius 1 is 1.00 bits per heavy atom. The fourth-order valence-corrected chi connectivity index (χ4v) is 4.65. The van der Waals surface area contributed by atoms with E-state index in [1.165, 1.54) is 40.0 Å². The molecule has 0 heterocycles. The molecule has 0 saturated carbocycles. The van der Waals surface area contributed by atoms with E-state index in [0.717, 1.165) is 17.2 Å². The molecule has 3 aromatic carbocycles. The van der Waals surface area contributed by atoms with E-state index in [-0.39, 0.29) is 11.9 Å². The molecule has 29 heavy (non-hydrogen) atoms. The largest absolute Gasteiger partial charge is 0.346 e. The molecule has 148 valence electrons. The van der Waals surface area contributed by atoms with Crippen molar-refractivity contribution in [2.75, 3.05) is 0 Å².